The van der Waals surface area contributed by atoms with Gasteiger partial charge in [0.15, 0.2) is 11.2 Å². The lowest BCUT2D eigenvalue weighted by Crippen LogP contribution is -2.38. The molecule has 0 aliphatic carbocycles. The molecule has 0 bridgehead atoms. The van der Waals surface area contributed by atoms with Crippen LogP contribution >= 0.6 is 8.53 Å². The van der Waals surface area contributed by atoms with E-state index in [4.69, 9.17) is 28.0 Å². The Bertz CT molecular complexity index is 2640. The minimum atomic E-state index is -1.51. The summed E-state index contributed by atoms with van der Waals surface area (Å²) in [6.07, 6.45) is -0.0510. The van der Waals surface area contributed by atoms with Crippen LogP contribution in [0.2, 0.25) is 0 Å². The molecule has 0 saturated carbocycles. The van der Waals surface area contributed by atoms with Crippen LogP contribution in [-0.4, -0.2) is 76.7 Å². The van der Waals surface area contributed by atoms with Crippen LogP contribution in [0, 0.1) is 0 Å². The first kappa shape index (κ1) is 42.1. The molecule has 9 rings (SSSR count). The van der Waals surface area contributed by atoms with Crippen LogP contribution in [0.15, 0.2) is 151 Å². The Kier molecular flexibility index (Phi) is 12.4. The third-order valence-electron chi connectivity index (χ3n) is 11.3. The van der Waals surface area contributed by atoms with E-state index >= 15 is 0 Å². The number of ether oxygens (including phenoxy) is 4. The number of methoxy groups -OCH3 is 2. The van der Waals surface area contributed by atoms with E-state index in [1.807, 2.05) is 134 Å². The van der Waals surface area contributed by atoms with Crippen molar-refractivity contribution in [2.75, 3.05) is 39.7 Å². The first-order chi connectivity index (χ1) is 30.8. The molecule has 0 radical (unpaired) electrons. The summed E-state index contributed by atoms with van der Waals surface area (Å²) in [5.74, 6) is 1.09. The summed E-state index contributed by atoms with van der Waals surface area (Å²) in [6, 6.07) is 45.2. The molecule has 1 amide bonds. The van der Waals surface area contributed by atoms with Crippen molar-refractivity contribution in [1.29, 1.82) is 0 Å². The highest BCUT2D eigenvalue weighted by atomic mass is 31.2. The van der Waals surface area contributed by atoms with Gasteiger partial charge in [0.2, 0.25) is 11.9 Å². The SMILES string of the molecule is COc1ccc(C(OC[C@H]2O[C@@H](n3cnc4c(=O)[nH]c(NC(=O)Cc5ccccc5)nc43)C[C@@H]2OP2O[C@@H](c3ccccc3)CN2C)(c2ccccc2)c2ccc(OC)cc2)cc1. The molecule has 2 aromatic heterocycles. The number of H-pyrrole nitrogens is 1. The molecule has 63 heavy (non-hydrogen) atoms. The largest absolute Gasteiger partial charge is 0.497 e. The molecule has 322 valence electrons. The van der Waals surface area contributed by atoms with Crippen molar-refractivity contribution in [2.24, 2.45) is 0 Å². The van der Waals surface area contributed by atoms with Gasteiger partial charge in [-0.05, 0) is 59.1 Å². The molecule has 7 aromatic rings. The number of aromatic nitrogens is 4. The minimum absolute atomic E-state index is 0.00359. The lowest BCUT2D eigenvalue weighted by Gasteiger charge is -2.37. The molecule has 4 heterocycles. The second-order valence-corrected chi connectivity index (χ2v) is 16.9. The van der Waals surface area contributed by atoms with Gasteiger partial charge in [0.05, 0.1) is 39.7 Å². The zero-order valence-corrected chi connectivity index (χ0v) is 35.9. The summed E-state index contributed by atoms with van der Waals surface area (Å²) >= 11 is 0. The Hall–Kier alpha value is -6.25. The number of anilines is 1. The number of carbonyl (C=O) groups is 1. The molecular weight excluding hydrogens is 820 g/mol. The van der Waals surface area contributed by atoms with Gasteiger partial charge in [0, 0.05) is 13.0 Å². The molecule has 5 aromatic carbocycles. The van der Waals surface area contributed by atoms with Crippen molar-refractivity contribution in [3.8, 4) is 11.5 Å². The summed E-state index contributed by atoms with van der Waals surface area (Å²) in [5.41, 5.74) is 3.25. The lowest BCUT2D eigenvalue weighted by atomic mass is 9.80. The van der Waals surface area contributed by atoms with Gasteiger partial charge < -0.3 is 28.0 Å². The highest BCUT2D eigenvalue weighted by Crippen LogP contribution is 2.55. The van der Waals surface area contributed by atoms with E-state index in [0.717, 1.165) is 27.8 Å². The van der Waals surface area contributed by atoms with E-state index in [9.17, 15) is 9.59 Å². The first-order valence-electron chi connectivity index (χ1n) is 20.7. The van der Waals surface area contributed by atoms with Gasteiger partial charge in [0.25, 0.3) is 14.1 Å². The summed E-state index contributed by atoms with van der Waals surface area (Å²) in [7, 11) is 3.76. The van der Waals surface area contributed by atoms with Gasteiger partial charge in [-0.1, -0.05) is 115 Å². The van der Waals surface area contributed by atoms with Gasteiger partial charge in [-0.2, -0.15) is 4.98 Å². The smallest absolute Gasteiger partial charge is 0.280 e. The third-order valence-corrected chi connectivity index (χ3v) is 13.0. The fraction of sp³-hybridized carbons (Fsp3) is 0.250. The maximum absolute atomic E-state index is 13.4. The molecular formula is C48H47N6O8P. The second-order valence-electron chi connectivity index (χ2n) is 15.4. The highest BCUT2D eigenvalue weighted by molar-refractivity contribution is 7.44. The van der Waals surface area contributed by atoms with Gasteiger partial charge in [-0.15, -0.1) is 0 Å². The Morgan fingerprint density at radius 2 is 1.44 bits per heavy atom. The molecule has 2 aliphatic heterocycles. The number of carbonyl (C=O) groups excluding carboxylic acids is 1. The maximum atomic E-state index is 13.4. The number of hydrogen-bond donors (Lipinski definition) is 2. The van der Waals surface area contributed by atoms with Crippen LogP contribution in [0.1, 0.15) is 46.6 Å². The van der Waals surface area contributed by atoms with Gasteiger partial charge in [-0.25, -0.2) is 9.65 Å². The fourth-order valence-electron chi connectivity index (χ4n) is 8.15. The van der Waals surface area contributed by atoms with Crippen LogP contribution in [0.3, 0.4) is 0 Å². The summed E-state index contributed by atoms with van der Waals surface area (Å²) in [5, 5.41) is 2.75. The van der Waals surface area contributed by atoms with Crippen molar-refractivity contribution >= 4 is 31.5 Å². The zero-order chi connectivity index (χ0) is 43.3. The molecule has 2 saturated heterocycles. The van der Waals surface area contributed by atoms with E-state index in [1.54, 1.807) is 18.8 Å². The molecule has 1 unspecified atom stereocenters. The van der Waals surface area contributed by atoms with E-state index in [2.05, 4.69) is 37.1 Å². The Morgan fingerprint density at radius 1 is 0.841 bits per heavy atom. The number of amides is 1. The molecule has 2 aliphatic rings. The average Bonchev–Trinajstić information content (AvgIpc) is 4.04. The second kappa shape index (κ2) is 18.6. The maximum Gasteiger partial charge on any atom is 0.280 e. The number of benzene rings is 5. The van der Waals surface area contributed by atoms with Crippen molar-refractivity contribution in [2.45, 2.75) is 43.0 Å². The van der Waals surface area contributed by atoms with E-state index in [-0.39, 0.29) is 42.2 Å². The summed E-state index contributed by atoms with van der Waals surface area (Å²) < 4.78 is 42.7. The topological polar surface area (TPSA) is 151 Å². The predicted molar refractivity (Wildman–Crippen MR) is 238 cm³/mol. The Morgan fingerprint density at radius 3 is 2.08 bits per heavy atom. The van der Waals surface area contributed by atoms with Crippen molar-refractivity contribution < 1.29 is 32.8 Å². The number of imidazole rings is 1. The van der Waals surface area contributed by atoms with Crippen LogP contribution in [0.25, 0.3) is 11.2 Å². The van der Waals surface area contributed by atoms with E-state index in [0.29, 0.717) is 24.5 Å². The van der Waals surface area contributed by atoms with E-state index in [1.165, 1.54) is 6.33 Å². The quantitative estimate of drug-likeness (QED) is 0.0764. The normalized spacial score (nSPS) is 20.2. The first-order valence-corrected chi connectivity index (χ1v) is 21.8. The number of fused-ring (bicyclic) bond motifs is 1. The summed E-state index contributed by atoms with van der Waals surface area (Å²) in [6.45, 7) is 0.724. The van der Waals surface area contributed by atoms with Crippen molar-refractivity contribution in [3.63, 3.8) is 0 Å². The molecule has 5 atom stereocenters. The minimum Gasteiger partial charge on any atom is -0.497 e. The summed E-state index contributed by atoms with van der Waals surface area (Å²) in [4.78, 5) is 38.2. The predicted octanol–water partition coefficient (Wildman–Crippen LogP) is 7.93. The number of likely N-dealkylation sites (N-methyl/N-ethyl adjacent to an activating group) is 1. The van der Waals surface area contributed by atoms with E-state index < -0.39 is 38.1 Å². The van der Waals surface area contributed by atoms with Crippen molar-refractivity contribution in [3.05, 3.63) is 184 Å². The standard InChI is InChI=1S/C48H47N6O8P/c1-53-29-40(33-15-9-5-10-16-33)62-63(53)61-39-28-43(54-31-49-44-45(54)51-47(52-46(44)56)50-42(55)27-32-13-7-4-8-14-32)60-41(39)30-59-48(34-17-11-6-12-18-34,35-19-23-37(57-2)24-20-35)36-21-25-38(58-3)26-22-36/h4-26,31,39-41,43H,27-30H2,1-3H3,(H2,50,51,52,55,56)/t39-,40+,41+,43+,63?/m0/s1. The number of rotatable bonds is 15. The van der Waals surface area contributed by atoms with Gasteiger partial charge in [-0.3, -0.25) is 24.5 Å². The third kappa shape index (κ3) is 8.87. The molecule has 0 spiro atoms. The van der Waals surface area contributed by atoms with Crippen LogP contribution in [0.5, 0.6) is 11.5 Å². The van der Waals surface area contributed by atoms with Crippen molar-refractivity contribution in [1.82, 2.24) is 24.2 Å². The lowest BCUT2D eigenvalue weighted by molar-refractivity contribution is -0.115. The number of nitrogens with zero attached hydrogens (tertiary/aromatic N) is 4. The molecule has 15 heteroatoms. The van der Waals surface area contributed by atoms with Crippen LogP contribution < -0.4 is 20.3 Å². The van der Waals surface area contributed by atoms with Gasteiger partial charge >= 0.3 is 0 Å². The number of nitrogens with one attached hydrogen (secondary N) is 2. The Balaban J connectivity index is 1.06. The number of aromatic amines is 1. The average molecular weight is 867 g/mol. The highest BCUT2D eigenvalue weighted by Gasteiger charge is 2.46. The molecule has 2 N–H and O–H groups in total. The van der Waals surface area contributed by atoms with Crippen LogP contribution in [0.4, 0.5) is 5.95 Å². The fourth-order valence-corrected chi connectivity index (χ4v) is 9.66. The number of hydrogen-bond acceptors (Lipinski definition) is 11. The van der Waals surface area contributed by atoms with Crippen LogP contribution in [-0.2, 0) is 35.3 Å². The van der Waals surface area contributed by atoms with Gasteiger partial charge in [0.1, 0.15) is 35.5 Å². The molecule has 2 fully saturated rings. The Labute approximate surface area is 365 Å². The molecule has 14 nitrogen and oxygen atoms in total. The monoisotopic (exact) mass is 866 g/mol. The zero-order valence-electron chi connectivity index (χ0n) is 35.0.